The van der Waals surface area contributed by atoms with Gasteiger partial charge in [-0.1, -0.05) is 36.4 Å². The lowest BCUT2D eigenvalue weighted by molar-refractivity contribution is -0.116. The maximum Gasteiger partial charge on any atom is 0.251 e. The van der Waals surface area contributed by atoms with E-state index < -0.39 is 10.8 Å². The van der Waals surface area contributed by atoms with Gasteiger partial charge >= 0.3 is 0 Å². The van der Waals surface area contributed by atoms with Gasteiger partial charge in [0, 0.05) is 10.4 Å². The molecule has 3 aromatic rings. The summed E-state index contributed by atoms with van der Waals surface area (Å²) in [5, 5.41) is 4.85. The van der Waals surface area contributed by atoms with Crippen LogP contribution in [0.4, 0.5) is 5.69 Å². The Morgan fingerprint density at radius 3 is 2.68 bits per heavy atom. The van der Waals surface area contributed by atoms with Crippen LogP contribution in [0.15, 0.2) is 70.9 Å². The van der Waals surface area contributed by atoms with Crippen LogP contribution in [0.25, 0.3) is 0 Å². The number of nitrogens with one attached hydrogen (secondary N) is 1. The largest absolute Gasteiger partial charge is 0.347 e. The second kappa shape index (κ2) is 8.08. The van der Waals surface area contributed by atoms with E-state index >= 15 is 0 Å². The third-order valence-electron chi connectivity index (χ3n) is 4.50. The van der Waals surface area contributed by atoms with Crippen molar-refractivity contribution in [2.75, 3.05) is 10.7 Å². The van der Waals surface area contributed by atoms with Crippen LogP contribution in [0.5, 0.6) is 0 Å². The van der Waals surface area contributed by atoms with Gasteiger partial charge in [0.15, 0.2) is 0 Å². The third-order valence-corrected chi connectivity index (χ3v) is 6.72. The Morgan fingerprint density at radius 1 is 1.11 bits per heavy atom. The fraction of sp³-hybridized carbons (Fsp3) is 0.143. The maximum atomic E-state index is 12.6. The fourth-order valence-corrected chi connectivity index (χ4v) is 4.89. The van der Waals surface area contributed by atoms with Gasteiger partial charge in [-0.05, 0) is 35.2 Å². The van der Waals surface area contributed by atoms with Crippen molar-refractivity contribution in [2.24, 2.45) is 0 Å². The molecule has 7 heteroatoms. The highest BCUT2D eigenvalue weighted by Gasteiger charge is 2.30. The van der Waals surface area contributed by atoms with Gasteiger partial charge in [0.25, 0.3) is 5.91 Å². The van der Waals surface area contributed by atoms with Gasteiger partial charge in [0.1, 0.15) is 5.75 Å². The number of hydrogen-bond acceptors (Lipinski definition) is 4. The molecule has 142 valence electrons. The van der Waals surface area contributed by atoms with Crippen LogP contribution in [0.1, 0.15) is 20.8 Å². The Morgan fingerprint density at radius 2 is 1.93 bits per heavy atom. The van der Waals surface area contributed by atoms with Crippen LogP contribution in [0, 0.1) is 0 Å². The van der Waals surface area contributed by atoms with Crippen molar-refractivity contribution >= 4 is 39.6 Å². The molecule has 0 saturated carbocycles. The number of carbonyl (C=O) groups excluding carboxylic acids is 2. The summed E-state index contributed by atoms with van der Waals surface area (Å²) in [4.78, 5) is 28.4. The summed E-state index contributed by atoms with van der Waals surface area (Å²) in [7, 11) is -1.39. The molecule has 0 spiro atoms. The van der Waals surface area contributed by atoms with E-state index in [1.54, 1.807) is 34.4 Å². The minimum atomic E-state index is -1.39. The summed E-state index contributed by atoms with van der Waals surface area (Å²) in [5.41, 5.74) is 1.96. The molecule has 2 heterocycles. The highest BCUT2D eigenvalue weighted by molar-refractivity contribution is 7.86. The highest BCUT2D eigenvalue weighted by Crippen LogP contribution is 2.31. The van der Waals surface area contributed by atoms with Crippen molar-refractivity contribution in [3.63, 3.8) is 0 Å². The number of amides is 2. The Labute approximate surface area is 169 Å². The van der Waals surface area contributed by atoms with E-state index in [-0.39, 0.29) is 17.6 Å². The first kappa shape index (κ1) is 18.6. The Kier molecular flexibility index (Phi) is 5.36. The lowest BCUT2D eigenvalue weighted by atomic mass is 10.1. The number of fused-ring (bicyclic) bond motifs is 1. The summed E-state index contributed by atoms with van der Waals surface area (Å²) < 4.78 is 12.4. The smallest absolute Gasteiger partial charge is 0.251 e. The van der Waals surface area contributed by atoms with Gasteiger partial charge in [-0.2, -0.15) is 0 Å². The number of hydrogen-bond donors (Lipinski definition) is 1. The van der Waals surface area contributed by atoms with E-state index in [1.807, 2.05) is 47.8 Å². The molecule has 0 bridgehead atoms. The van der Waals surface area contributed by atoms with Crippen LogP contribution in [0.2, 0.25) is 0 Å². The van der Waals surface area contributed by atoms with Gasteiger partial charge < -0.3 is 10.2 Å². The molecule has 28 heavy (non-hydrogen) atoms. The van der Waals surface area contributed by atoms with Crippen molar-refractivity contribution in [3.05, 3.63) is 82.0 Å². The number of nitrogens with zero attached hydrogens (tertiary/aromatic N) is 1. The molecule has 1 atom stereocenters. The topological polar surface area (TPSA) is 66.5 Å². The van der Waals surface area contributed by atoms with Crippen molar-refractivity contribution < 1.29 is 13.8 Å². The minimum Gasteiger partial charge on any atom is -0.347 e. The van der Waals surface area contributed by atoms with E-state index in [4.69, 9.17) is 0 Å². The first-order valence-electron chi connectivity index (χ1n) is 8.79. The normalized spacial score (nSPS) is 15.9. The molecule has 1 aliphatic heterocycles. The maximum absolute atomic E-state index is 12.6. The molecule has 1 aromatic heterocycles. The van der Waals surface area contributed by atoms with Crippen molar-refractivity contribution in [1.29, 1.82) is 0 Å². The molecular formula is C21H18N2O3S2. The second-order valence-electron chi connectivity index (χ2n) is 6.40. The quantitative estimate of drug-likeness (QED) is 0.702. The average Bonchev–Trinajstić information content (AvgIpc) is 3.23. The summed E-state index contributed by atoms with van der Waals surface area (Å²) in [6.07, 6.45) is 0. The highest BCUT2D eigenvalue weighted by atomic mass is 32.2. The fourth-order valence-electron chi connectivity index (χ4n) is 3.09. The molecule has 1 aliphatic rings. The average molecular weight is 411 g/mol. The van der Waals surface area contributed by atoms with Crippen LogP contribution in [0.3, 0.4) is 0 Å². The second-order valence-corrected chi connectivity index (χ2v) is 8.85. The summed E-state index contributed by atoms with van der Waals surface area (Å²) in [5.74, 6) is -0.463. The van der Waals surface area contributed by atoms with E-state index in [2.05, 4.69) is 5.32 Å². The van der Waals surface area contributed by atoms with Gasteiger partial charge in [-0.3, -0.25) is 13.8 Å². The molecule has 1 unspecified atom stereocenters. The molecule has 4 rings (SSSR count). The van der Waals surface area contributed by atoms with Crippen LogP contribution in [-0.2, 0) is 28.7 Å². The summed E-state index contributed by atoms with van der Waals surface area (Å²) in [6, 6.07) is 18.5. The minimum absolute atomic E-state index is 0.0379. The van der Waals surface area contributed by atoms with Crippen LogP contribution in [-0.4, -0.2) is 21.8 Å². The number of rotatable bonds is 5. The predicted octanol–water partition coefficient (Wildman–Crippen LogP) is 3.33. The van der Waals surface area contributed by atoms with Crippen LogP contribution >= 0.6 is 11.3 Å². The third kappa shape index (κ3) is 3.90. The zero-order valence-corrected chi connectivity index (χ0v) is 16.6. The number of thiophene rings is 1. The summed E-state index contributed by atoms with van der Waals surface area (Å²) >= 11 is 1.58. The van der Waals surface area contributed by atoms with Crippen LogP contribution < -0.4 is 10.2 Å². The van der Waals surface area contributed by atoms with E-state index in [0.717, 1.165) is 10.4 Å². The zero-order chi connectivity index (χ0) is 19.5. The molecule has 5 nitrogen and oxygen atoms in total. The molecule has 0 fully saturated rings. The molecule has 2 aromatic carbocycles. The Balaban J connectivity index is 1.61. The van der Waals surface area contributed by atoms with E-state index in [1.165, 1.54) is 0 Å². The predicted molar refractivity (Wildman–Crippen MR) is 111 cm³/mol. The lowest BCUT2D eigenvalue weighted by Crippen LogP contribution is -2.38. The van der Waals surface area contributed by atoms with Crippen molar-refractivity contribution in [2.45, 2.75) is 18.0 Å². The molecule has 2 amide bonds. The van der Waals surface area contributed by atoms with E-state index in [0.29, 0.717) is 29.2 Å². The van der Waals surface area contributed by atoms with Gasteiger partial charge in [-0.25, -0.2) is 0 Å². The first-order valence-corrected chi connectivity index (χ1v) is 11.0. The standard InChI is InChI=1S/C21H18N2O3S2/c24-20-14-28(26)19-9-8-16(21(25)22-12-17-7-4-10-27-17)11-18(19)23(20)13-15-5-2-1-3-6-15/h1-11H,12-14H2,(H,22,25). The molecule has 1 N–H and O–H groups in total. The Bertz CT molecular complexity index is 1030. The molecule has 0 saturated heterocycles. The summed E-state index contributed by atoms with van der Waals surface area (Å²) in [6.45, 7) is 0.830. The molecule has 0 aliphatic carbocycles. The molecule has 0 radical (unpaired) electrons. The number of anilines is 1. The Hall–Kier alpha value is -2.77. The lowest BCUT2D eigenvalue weighted by Gasteiger charge is -2.29. The number of benzene rings is 2. The van der Waals surface area contributed by atoms with E-state index in [9.17, 15) is 13.8 Å². The molecular weight excluding hydrogens is 392 g/mol. The zero-order valence-electron chi connectivity index (χ0n) is 15.0. The van der Waals surface area contributed by atoms with Gasteiger partial charge in [0.05, 0.1) is 34.5 Å². The van der Waals surface area contributed by atoms with Crippen molar-refractivity contribution in [1.82, 2.24) is 5.32 Å². The number of carbonyl (C=O) groups is 2. The van der Waals surface area contributed by atoms with Crippen molar-refractivity contribution in [3.8, 4) is 0 Å². The SMILES string of the molecule is O=C(NCc1cccs1)c1ccc2c(c1)N(Cc1ccccc1)C(=O)CS2=O. The van der Waals surface area contributed by atoms with Gasteiger partial charge in [-0.15, -0.1) is 11.3 Å². The monoisotopic (exact) mass is 410 g/mol. The van der Waals surface area contributed by atoms with Gasteiger partial charge in [0.2, 0.25) is 5.91 Å². The first-order chi connectivity index (χ1) is 13.6.